The lowest BCUT2D eigenvalue weighted by atomic mass is 10.1. The molecule has 1 N–H and O–H groups in total. The van der Waals surface area contributed by atoms with Crippen molar-refractivity contribution in [3.63, 3.8) is 0 Å². The SMILES string of the molecule is COc1cc(CNC2CCCC2)ccc1OCc1ccc(F)cc1. The molecule has 2 aromatic carbocycles. The van der Waals surface area contributed by atoms with E-state index >= 15 is 0 Å². The van der Waals surface area contributed by atoms with Crippen molar-refractivity contribution in [2.24, 2.45) is 0 Å². The zero-order valence-corrected chi connectivity index (χ0v) is 14.1. The fraction of sp³-hybridized carbons (Fsp3) is 0.400. The molecule has 1 fully saturated rings. The maximum atomic E-state index is 12.9. The summed E-state index contributed by atoms with van der Waals surface area (Å²) in [5.41, 5.74) is 2.11. The molecule has 0 amide bonds. The van der Waals surface area contributed by atoms with E-state index in [1.54, 1.807) is 19.2 Å². The van der Waals surface area contributed by atoms with Crippen molar-refractivity contribution in [2.75, 3.05) is 7.11 Å². The van der Waals surface area contributed by atoms with Gasteiger partial charge in [0.05, 0.1) is 7.11 Å². The minimum absolute atomic E-state index is 0.240. The molecule has 0 spiro atoms. The van der Waals surface area contributed by atoms with Gasteiger partial charge in [-0.1, -0.05) is 31.0 Å². The van der Waals surface area contributed by atoms with E-state index < -0.39 is 0 Å². The molecule has 24 heavy (non-hydrogen) atoms. The maximum absolute atomic E-state index is 12.9. The van der Waals surface area contributed by atoms with Gasteiger partial charge in [-0.25, -0.2) is 4.39 Å². The van der Waals surface area contributed by atoms with Crippen LogP contribution in [0.2, 0.25) is 0 Å². The Kier molecular flexibility index (Phi) is 5.70. The Bertz CT molecular complexity index is 651. The second kappa shape index (κ2) is 8.15. The number of hydrogen-bond acceptors (Lipinski definition) is 3. The summed E-state index contributed by atoms with van der Waals surface area (Å²) in [7, 11) is 1.65. The molecule has 0 radical (unpaired) electrons. The summed E-state index contributed by atoms with van der Waals surface area (Å²) in [6, 6.07) is 13.0. The summed E-state index contributed by atoms with van der Waals surface area (Å²) in [5.74, 6) is 1.18. The molecule has 0 atom stereocenters. The van der Waals surface area contributed by atoms with Gasteiger partial charge in [0.2, 0.25) is 0 Å². The average Bonchev–Trinajstić information content (AvgIpc) is 3.13. The number of ether oxygens (including phenoxy) is 2. The highest BCUT2D eigenvalue weighted by Gasteiger charge is 2.14. The van der Waals surface area contributed by atoms with Gasteiger partial charge in [0, 0.05) is 12.6 Å². The van der Waals surface area contributed by atoms with Gasteiger partial charge in [-0.15, -0.1) is 0 Å². The molecule has 1 saturated carbocycles. The second-order valence-corrected chi connectivity index (χ2v) is 6.26. The molecule has 0 saturated heterocycles. The van der Waals surface area contributed by atoms with E-state index in [0.717, 1.165) is 17.9 Å². The molecule has 128 valence electrons. The second-order valence-electron chi connectivity index (χ2n) is 6.26. The monoisotopic (exact) mass is 329 g/mol. The Balaban J connectivity index is 1.59. The molecule has 0 bridgehead atoms. The molecule has 1 aliphatic rings. The predicted molar refractivity (Wildman–Crippen MR) is 92.8 cm³/mol. The van der Waals surface area contributed by atoms with Gasteiger partial charge in [-0.2, -0.15) is 0 Å². The van der Waals surface area contributed by atoms with Crippen LogP contribution in [0.4, 0.5) is 4.39 Å². The van der Waals surface area contributed by atoms with E-state index in [4.69, 9.17) is 9.47 Å². The lowest BCUT2D eigenvalue weighted by Gasteiger charge is -2.15. The molecule has 0 aliphatic heterocycles. The minimum atomic E-state index is -0.240. The topological polar surface area (TPSA) is 30.5 Å². The van der Waals surface area contributed by atoms with Gasteiger partial charge in [0.1, 0.15) is 12.4 Å². The minimum Gasteiger partial charge on any atom is -0.493 e. The summed E-state index contributed by atoms with van der Waals surface area (Å²) < 4.78 is 24.2. The Labute approximate surface area is 142 Å². The highest BCUT2D eigenvalue weighted by atomic mass is 19.1. The summed E-state index contributed by atoms with van der Waals surface area (Å²) in [6.07, 6.45) is 5.21. The van der Waals surface area contributed by atoms with Crippen molar-refractivity contribution >= 4 is 0 Å². The van der Waals surface area contributed by atoms with E-state index in [2.05, 4.69) is 11.4 Å². The van der Waals surface area contributed by atoms with Crippen LogP contribution in [0, 0.1) is 5.82 Å². The average molecular weight is 329 g/mol. The van der Waals surface area contributed by atoms with Crippen LogP contribution in [0.25, 0.3) is 0 Å². The van der Waals surface area contributed by atoms with Gasteiger partial charge < -0.3 is 14.8 Å². The molecule has 3 nitrogen and oxygen atoms in total. The summed E-state index contributed by atoms with van der Waals surface area (Å²) in [6.45, 7) is 1.23. The van der Waals surface area contributed by atoms with Crippen LogP contribution in [-0.4, -0.2) is 13.2 Å². The highest BCUT2D eigenvalue weighted by Crippen LogP contribution is 2.29. The smallest absolute Gasteiger partial charge is 0.161 e. The lowest BCUT2D eigenvalue weighted by Crippen LogP contribution is -2.25. The molecule has 1 aliphatic carbocycles. The Morgan fingerprint density at radius 1 is 1.00 bits per heavy atom. The third kappa shape index (κ3) is 4.48. The Morgan fingerprint density at radius 2 is 1.71 bits per heavy atom. The molecular formula is C20H24FNO2. The molecule has 0 aromatic heterocycles. The molecular weight excluding hydrogens is 305 g/mol. The zero-order valence-electron chi connectivity index (χ0n) is 14.1. The van der Waals surface area contributed by atoms with Crippen molar-refractivity contribution in [1.82, 2.24) is 5.32 Å². The van der Waals surface area contributed by atoms with E-state index in [1.807, 2.05) is 12.1 Å². The fourth-order valence-electron chi connectivity index (χ4n) is 3.08. The summed E-state index contributed by atoms with van der Waals surface area (Å²) >= 11 is 0. The molecule has 4 heteroatoms. The van der Waals surface area contributed by atoms with Crippen LogP contribution in [-0.2, 0) is 13.2 Å². The number of benzene rings is 2. The molecule has 0 heterocycles. The van der Waals surface area contributed by atoms with Gasteiger partial charge in [-0.3, -0.25) is 0 Å². The van der Waals surface area contributed by atoms with Crippen LogP contribution in [0.15, 0.2) is 42.5 Å². The Morgan fingerprint density at radius 3 is 2.42 bits per heavy atom. The van der Waals surface area contributed by atoms with Crippen molar-refractivity contribution in [2.45, 2.75) is 44.9 Å². The normalized spacial score (nSPS) is 14.8. The van der Waals surface area contributed by atoms with Crippen LogP contribution in [0.1, 0.15) is 36.8 Å². The first kappa shape index (κ1) is 16.8. The number of rotatable bonds is 7. The van der Waals surface area contributed by atoms with E-state index in [9.17, 15) is 4.39 Å². The van der Waals surface area contributed by atoms with Crippen molar-refractivity contribution < 1.29 is 13.9 Å². The first-order chi connectivity index (χ1) is 11.7. The predicted octanol–water partition coefficient (Wildman–Crippen LogP) is 4.45. The molecule has 2 aromatic rings. The highest BCUT2D eigenvalue weighted by molar-refractivity contribution is 5.43. The quantitative estimate of drug-likeness (QED) is 0.814. The lowest BCUT2D eigenvalue weighted by molar-refractivity contribution is 0.284. The summed E-state index contributed by atoms with van der Waals surface area (Å²) in [4.78, 5) is 0. The first-order valence-corrected chi connectivity index (χ1v) is 8.52. The van der Waals surface area contributed by atoms with Crippen molar-refractivity contribution in [1.29, 1.82) is 0 Å². The maximum Gasteiger partial charge on any atom is 0.161 e. The van der Waals surface area contributed by atoms with Gasteiger partial charge in [0.15, 0.2) is 11.5 Å². The number of halogens is 1. The van der Waals surface area contributed by atoms with Crippen LogP contribution in [0.3, 0.4) is 0 Å². The first-order valence-electron chi connectivity index (χ1n) is 8.52. The van der Waals surface area contributed by atoms with Crippen molar-refractivity contribution in [3.8, 4) is 11.5 Å². The van der Waals surface area contributed by atoms with Gasteiger partial charge in [0.25, 0.3) is 0 Å². The van der Waals surface area contributed by atoms with E-state index in [0.29, 0.717) is 18.4 Å². The third-order valence-corrected chi connectivity index (χ3v) is 4.49. The number of methoxy groups -OCH3 is 1. The zero-order chi connectivity index (χ0) is 16.8. The summed E-state index contributed by atoms with van der Waals surface area (Å²) in [5, 5.41) is 3.60. The van der Waals surface area contributed by atoms with Gasteiger partial charge >= 0.3 is 0 Å². The van der Waals surface area contributed by atoms with Crippen LogP contribution in [0.5, 0.6) is 11.5 Å². The molecule has 3 rings (SSSR count). The fourth-order valence-corrected chi connectivity index (χ4v) is 3.08. The van der Waals surface area contributed by atoms with Crippen LogP contribution < -0.4 is 14.8 Å². The molecule has 0 unspecified atom stereocenters. The van der Waals surface area contributed by atoms with E-state index in [1.165, 1.54) is 43.4 Å². The third-order valence-electron chi connectivity index (χ3n) is 4.49. The van der Waals surface area contributed by atoms with E-state index in [-0.39, 0.29) is 5.82 Å². The largest absolute Gasteiger partial charge is 0.493 e. The number of nitrogens with one attached hydrogen (secondary N) is 1. The van der Waals surface area contributed by atoms with Crippen molar-refractivity contribution in [3.05, 3.63) is 59.4 Å². The Hall–Kier alpha value is -2.07. The van der Waals surface area contributed by atoms with Gasteiger partial charge in [-0.05, 0) is 48.2 Å². The van der Waals surface area contributed by atoms with Crippen LogP contribution >= 0.6 is 0 Å². The number of hydrogen-bond donors (Lipinski definition) is 1. The standard InChI is InChI=1S/C20H24FNO2/c1-23-20-12-16(13-22-18-4-2-3-5-18)8-11-19(20)24-14-15-6-9-17(21)10-7-15/h6-12,18,22H,2-5,13-14H2,1H3.